The number of nitro groups is 1. The van der Waals surface area contributed by atoms with Crippen LogP contribution in [-0.4, -0.2) is 29.8 Å². The molecule has 0 aromatic heterocycles. The van der Waals surface area contributed by atoms with E-state index in [0.29, 0.717) is 18.1 Å². The quantitative estimate of drug-likeness (QED) is 0.634. The summed E-state index contributed by atoms with van der Waals surface area (Å²) in [4.78, 5) is 26.1. The summed E-state index contributed by atoms with van der Waals surface area (Å²) in [6.07, 6.45) is 1.94. The monoisotopic (exact) mass is 262 g/mol. The van der Waals surface area contributed by atoms with Gasteiger partial charge in [0.05, 0.1) is 4.92 Å². The molecule has 7 heteroatoms. The highest BCUT2D eigenvalue weighted by Crippen LogP contribution is 2.15. The predicted molar refractivity (Wildman–Crippen MR) is 71.3 cm³/mol. The topological polar surface area (TPSA) is 96.6 Å². The largest absolute Gasteiger partial charge is 0.366 e. The zero-order valence-corrected chi connectivity index (χ0v) is 10.3. The summed E-state index contributed by atoms with van der Waals surface area (Å²) in [5.41, 5.74) is 0.493. The lowest BCUT2D eigenvalue weighted by Gasteiger charge is -2.07. The molecule has 0 saturated carbocycles. The van der Waals surface area contributed by atoms with Crippen molar-refractivity contribution in [3.63, 3.8) is 0 Å². The maximum absolute atomic E-state index is 11.9. The Morgan fingerprint density at radius 1 is 1.32 bits per heavy atom. The molecule has 2 N–H and O–H groups in total. The number of aliphatic imine (C=N–C) groups is 1. The Hall–Kier alpha value is -2.44. The molecule has 1 aromatic carbocycles. The summed E-state index contributed by atoms with van der Waals surface area (Å²) in [5, 5.41) is 16.1. The van der Waals surface area contributed by atoms with Crippen molar-refractivity contribution in [1.82, 2.24) is 5.32 Å². The number of carbonyl (C=O) groups excluding carboxylic acids is 1. The van der Waals surface area contributed by atoms with Crippen molar-refractivity contribution < 1.29 is 9.72 Å². The molecule has 1 heterocycles. The molecule has 0 spiro atoms. The summed E-state index contributed by atoms with van der Waals surface area (Å²) < 4.78 is 0. The Labute approximate surface area is 109 Å². The fraction of sp³-hybridized carbons (Fsp3) is 0.333. The van der Waals surface area contributed by atoms with E-state index in [4.69, 9.17) is 0 Å². The van der Waals surface area contributed by atoms with Gasteiger partial charge >= 0.3 is 0 Å². The first kappa shape index (κ1) is 13.0. The van der Waals surface area contributed by atoms with Crippen LogP contribution in [0.4, 0.5) is 11.4 Å². The standard InChI is InChI=1S/C12H14N4O3/c17-12(11-13-7-1-2-8-14-11)15-9-3-5-10(6-4-9)16(18)19/h3-6H,1-2,7-8H2,(H,13,14)(H,15,17). The van der Waals surface area contributed by atoms with Crippen molar-refractivity contribution >= 4 is 23.1 Å². The van der Waals surface area contributed by atoms with Gasteiger partial charge in [-0.25, -0.2) is 0 Å². The van der Waals surface area contributed by atoms with Gasteiger partial charge in [-0.1, -0.05) is 0 Å². The lowest BCUT2D eigenvalue weighted by atomic mass is 10.3. The molecule has 2 rings (SSSR count). The van der Waals surface area contributed by atoms with Crippen molar-refractivity contribution in [3.05, 3.63) is 34.4 Å². The molecule has 1 aliphatic rings. The summed E-state index contributed by atoms with van der Waals surface area (Å²) in [7, 11) is 0. The lowest BCUT2D eigenvalue weighted by Crippen LogP contribution is -2.35. The Morgan fingerprint density at radius 3 is 2.74 bits per heavy atom. The van der Waals surface area contributed by atoms with E-state index in [1.807, 2.05) is 0 Å². The van der Waals surface area contributed by atoms with Gasteiger partial charge in [-0.3, -0.25) is 19.9 Å². The number of amides is 1. The summed E-state index contributed by atoms with van der Waals surface area (Å²) in [6, 6.07) is 5.68. The molecule has 0 atom stereocenters. The zero-order chi connectivity index (χ0) is 13.7. The fourth-order valence-electron chi connectivity index (χ4n) is 1.70. The van der Waals surface area contributed by atoms with Crippen LogP contribution in [0.15, 0.2) is 29.3 Å². The number of nitro benzene ring substituents is 1. The summed E-state index contributed by atoms with van der Waals surface area (Å²) >= 11 is 0. The number of hydrogen-bond donors (Lipinski definition) is 2. The molecule has 100 valence electrons. The molecule has 1 aromatic rings. The van der Waals surface area contributed by atoms with E-state index in [2.05, 4.69) is 15.6 Å². The van der Waals surface area contributed by atoms with Crippen molar-refractivity contribution in [1.29, 1.82) is 0 Å². The van der Waals surface area contributed by atoms with E-state index < -0.39 is 4.92 Å². The number of anilines is 1. The average molecular weight is 262 g/mol. The van der Waals surface area contributed by atoms with Crippen molar-refractivity contribution in [2.75, 3.05) is 18.4 Å². The number of amidine groups is 1. The number of nitrogens with zero attached hydrogens (tertiary/aromatic N) is 2. The molecular formula is C12H14N4O3. The SMILES string of the molecule is O=C(Nc1ccc([N+](=O)[O-])cc1)C1=NCCCCN1. The van der Waals surface area contributed by atoms with E-state index in [-0.39, 0.29) is 11.6 Å². The van der Waals surface area contributed by atoms with Crippen LogP contribution in [0.25, 0.3) is 0 Å². The molecule has 0 aliphatic carbocycles. The molecule has 19 heavy (non-hydrogen) atoms. The minimum absolute atomic E-state index is 0.0112. The minimum Gasteiger partial charge on any atom is -0.366 e. The highest BCUT2D eigenvalue weighted by atomic mass is 16.6. The van der Waals surface area contributed by atoms with Gasteiger partial charge in [0.2, 0.25) is 0 Å². The molecule has 1 amide bonds. The predicted octanol–water partition coefficient (Wildman–Crippen LogP) is 1.32. The van der Waals surface area contributed by atoms with E-state index in [1.165, 1.54) is 24.3 Å². The van der Waals surface area contributed by atoms with Gasteiger partial charge in [0.25, 0.3) is 11.6 Å². The van der Waals surface area contributed by atoms with E-state index in [1.54, 1.807) is 0 Å². The fourth-order valence-corrected chi connectivity index (χ4v) is 1.70. The number of non-ortho nitro benzene ring substituents is 1. The van der Waals surface area contributed by atoms with Crippen LogP contribution >= 0.6 is 0 Å². The molecular weight excluding hydrogens is 248 g/mol. The molecule has 1 aliphatic heterocycles. The third-order valence-electron chi connectivity index (χ3n) is 2.70. The van der Waals surface area contributed by atoms with Gasteiger partial charge in [-0.05, 0) is 25.0 Å². The van der Waals surface area contributed by atoms with Crippen molar-refractivity contribution in [2.45, 2.75) is 12.8 Å². The van der Waals surface area contributed by atoms with Gasteiger partial charge in [0.1, 0.15) is 0 Å². The first-order valence-corrected chi connectivity index (χ1v) is 6.01. The summed E-state index contributed by atoms with van der Waals surface area (Å²) in [6.45, 7) is 1.36. The lowest BCUT2D eigenvalue weighted by molar-refractivity contribution is -0.384. The van der Waals surface area contributed by atoms with Crippen LogP contribution < -0.4 is 10.6 Å². The molecule has 0 unspecified atom stereocenters. The Balaban J connectivity index is 2.02. The molecule has 0 radical (unpaired) electrons. The van der Waals surface area contributed by atoms with Crippen LogP contribution in [0.5, 0.6) is 0 Å². The molecule has 0 fully saturated rings. The third-order valence-corrected chi connectivity index (χ3v) is 2.70. The van der Waals surface area contributed by atoms with Gasteiger partial charge in [0, 0.05) is 30.9 Å². The average Bonchev–Trinajstić information content (AvgIpc) is 2.68. The van der Waals surface area contributed by atoms with Crippen molar-refractivity contribution in [3.8, 4) is 0 Å². The summed E-state index contributed by atoms with van der Waals surface area (Å²) in [5.74, 6) is -0.00777. The van der Waals surface area contributed by atoms with Crippen LogP contribution in [0.1, 0.15) is 12.8 Å². The minimum atomic E-state index is -0.484. The second-order valence-corrected chi connectivity index (χ2v) is 4.12. The van der Waals surface area contributed by atoms with Gasteiger partial charge in [0.15, 0.2) is 5.84 Å². The Morgan fingerprint density at radius 2 is 2.05 bits per heavy atom. The number of hydrogen-bond acceptors (Lipinski definition) is 5. The number of carbonyl (C=O) groups is 1. The molecule has 0 saturated heterocycles. The van der Waals surface area contributed by atoms with Crippen LogP contribution in [0.2, 0.25) is 0 Å². The molecule has 7 nitrogen and oxygen atoms in total. The maximum Gasteiger partial charge on any atom is 0.290 e. The van der Waals surface area contributed by atoms with Gasteiger partial charge < -0.3 is 10.6 Å². The third kappa shape index (κ3) is 3.51. The number of benzene rings is 1. The van der Waals surface area contributed by atoms with Crippen molar-refractivity contribution in [2.24, 2.45) is 4.99 Å². The Bertz CT molecular complexity index is 510. The normalized spacial score (nSPS) is 14.8. The maximum atomic E-state index is 11.9. The first-order chi connectivity index (χ1) is 9.16. The highest BCUT2D eigenvalue weighted by molar-refractivity contribution is 6.42. The second-order valence-electron chi connectivity index (χ2n) is 4.12. The van der Waals surface area contributed by atoms with E-state index in [9.17, 15) is 14.9 Å². The zero-order valence-electron chi connectivity index (χ0n) is 10.3. The first-order valence-electron chi connectivity index (χ1n) is 6.01. The van der Waals surface area contributed by atoms with Crippen LogP contribution in [-0.2, 0) is 4.79 Å². The van der Waals surface area contributed by atoms with E-state index in [0.717, 1.165) is 19.4 Å². The Kier molecular flexibility index (Phi) is 4.07. The van der Waals surface area contributed by atoms with Gasteiger partial charge in [-0.2, -0.15) is 0 Å². The molecule has 0 bridgehead atoms. The van der Waals surface area contributed by atoms with Gasteiger partial charge in [-0.15, -0.1) is 0 Å². The highest BCUT2D eigenvalue weighted by Gasteiger charge is 2.13. The number of nitrogens with one attached hydrogen (secondary N) is 2. The number of rotatable bonds is 3. The second kappa shape index (κ2) is 5.94. The van der Waals surface area contributed by atoms with Crippen LogP contribution in [0.3, 0.4) is 0 Å². The smallest absolute Gasteiger partial charge is 0.290 e. The van der Waals surface area contributed by atoms with E-state index >= 15 is 0 Å². The van der Waals surface area contributed by atoms with Crippen LogP contribution in [0, 0.1) is 10.1 Å².